The Morgan fingerprint density at radius 3 is 2.50 bits per heavy atom. The van der Waals surface area contributed by atoms with E-state index in [1.165, 1.54) is 0 Å². The highest BCUT2D eigenvalue weighted by molar-refractivity contribution is 6.31. The van der Waals surface area contributed by atoms with Crippen molar-refractivity contribution in [1.29, 1.82) is 5.26 Å². The summed E-state index contributed by atoms with van der Waals surface area (Å²) in [6.45, 7) is 8.12. The summed E-state index contributed by atoms with van der Waals surface area (Å²) in [7, 11) is 0. The molecule has 0 bridgehead atoms. The number of carbonyl (C=O) groups excluding carboxylic acids is 1. The molecule has 2 rings (SSSR count). The van der Waals surface area contributed by atoms with Gasteiger partial charge in [0.1, 0.15) is 11.9 Å². The molecule has 0 N–H and O–H groups in total. The van der Waals surface area contributed by atoms with E-state index in [1.807, 2.05) is 35.8 Å². The SMILES string of the molecule is CCN(CC)C(=O)N1CCN(c2ccc(Cl)c(C#N)n2)CC1. The van der Waals surface area contributed by atoms with E-state index in [0.717, 1.165) is 18.9 Å². The van der Waals surface area contributed by atoms with Crippen LogP contribution < -0.4 is 4.90 Å². The summed E-state index contributed by atoms with van der Waals surface area (Å²) in [6, 6.07) is 5.58. The normalized spacial score (nSPS) is 14.6. The summed E-state index contributed by atoms with van der Waals surface area (Å²) in [5.41, 5.74) is 0.237. The van der Waals surface area contributed by atoms with Crippen molar-refractivity contribution >= 4 is 23.4 Å². The lowest BCUT2D eigenvalue weighted by Gasteiger charge is -2.37. The molecule has 1 saturated heterocycles. The molecule has 1 aliphatic heterocycles. The molecular weight excluding hydrogens is 302 g/mol. The van der Waals surface area contributed by atoms with Gasteiger partial charge in [0.2, 0.25) is 0 Å². The van der Waals surface area contributed by atoms with E-state index < -0.39 is 0 Å². The first kappa shape index (κ1) is 16.4. The maximum atomic E-state index is 12.3. The molecule has 0 aliphatic carbocycles. The third-order valence-corrected chi connectivity index (χ3v) is 4.15. The van der Waals surface area contributed by atoms with Crippen LogP contribution in [0, 0.1) is 11.3 Å². The molecule has 0 unspecified atom stereocenters. The zero-order chi connectivity index (χ0) is 16.1. The van der Waals surface area contributed by atoms with Crippen LogP contribution in [0.25, 0.3) is 0 Å². The van der Waals surface area contributed by atoms with Crippen LogP contribution in [-0.2, 0) is 0 Å². The molecule has 2 heterocycles. The van der Waals surface area contributed by atoms with Crippen LogP contribution in [-0.4, -0.2) is 60.1 Å². The van der Waals surface area contributed by atoms with Crippen LogP contribution in [0.5, 0.6) is 0 Å². The van der Waals surface area contributed by atoms with Crippen molar-refractivity contribution in [2.45, 2.75) is 13.8 Å². The Bertz CT molecular complexity index is 574. The highest BCUT2D eigenvalue weighted by atomic mass is 35.5. The number of anilines is 1. The highest BCUT2D eigenvalue weighted by Gasteiger charge is 2.24. The number of nitrogens with zero attached hydrogens (tertiary/aromatic N) is 5. The molecule has 1 fully saturated rings. The van der Waals surface area contributed by atoms with E-state index in [9.17, 15) is 4.79 Å². The lowest BCUT2D eigenvalue weighted by atomic mass is 10.3. The van der Waals surface area contributed by atoms with E-state index in [1.54, 1.807) is 6.07 Å². The average Bonchev–Trinajstić information content (AvgIpc) is 2.56. The van der Waals surface area contributed by atoms with Gasteiger partial charge in [-0.05, 0) is 26.0 Å². The van der Waals surface area contributed by atoms with Crippen LogP contribution in [0.2, 0.25) is 5.02 Å². The zero-order valence-corrected chi connectivity index (χ0v) is 13.7. The monoisotopic (exact) mass is 321 g/mol. The number of hydrogen-bond donors (Lipinski definition) is 0. The first-order valence-electron chi connectivity index (χ1n) is 7.46. The number of urea groups is 1. The molecule has 0 saturated carbocycles. The second-order valence-electron chi connectivity index (χ2n) is 5.04. The Morgan fingerprint density at radius 2 is 1.95 bits per heavy atom. The number of pyridine rings is 1. The highest BCUT2D eigenvalue weighted by Crippen LogP contribution is 2.20. The van der Waals surface area contributed by atoms with Gasteiger partial charge >= 0.3 is 6.03 Å². The molecule has 2 amide bonds. The molecule has 22 heavy (non-hydrogen) atoms. The van der Waals surface area contributed by atoms with E-state index >= 15 is 0 Å². The maximum Gasteiger partial charge on any atom is 0.320 e. The summed E-state index contributed by atoms with van der Waals surface area (Å²) in [6.07, 6.45) is 0. The van der Waals surface area contributed by atoms with Crippen LogP contribution in [0.3, 0.4) is 0 Å². The lowest BCUT2D eigenvalue weighted by Crippen LogP contribution is -2.53. The molecule has 118 valence electrons. The van der Waals surface area contributed by atoms with Crippen molar-refractivity contribution in [3.63, 3.8) is 0 Å². The topological polar surface area (TPSA) is 63.5 Å². The van der Waals surface area contributed by atoms with Gasteiger partial charge in [0.25, 0.3) is 0 Å². The summed E-state index contributed by atoms with van der Waals surface area (Å²) >= 11 is 5.90. The van der Waals surface area contributed by atoms with Gasteiger partial charge in [-0.25, -0.2) is 9.78 Å². The predicted octanol–water partition coefficient (Wildman–Crippen LogP) is 2.19. The third-order valence-electron chi connectivity index (χ3n) is 3.85. The van der Waals surface area contributed by atoms with Gasteiger partial charge in [-0.15, -0.1) is 0 Å². The molecule has 0 aromatic carbocycles. The number of nitriles is 1. The number of piperazine rings is 1. The first-order valence-corrected chi connectivity index (χ1v) is 7.83. The van der Waals surface area contributed by atoms with Gasteiger partial charge in [-0.2, -0.15) is 5.26 Å². The fourth-order valence-corrected chi connectivity index (χ4v) is 2.65. The van der Waals surface area contributed by atoms with E-state index in [4.69, 9.17) is 16.9 Å². The molecule has 7 heteroatoms. The molecule has 6 nitrogen and oxygen atoms in total. The van der Waals surface area contributed by atoms with Crippen LogP contribution >= 0.6 is 11.6 Å². The summed E-state index contributed by atoms with van der Waals surface area (Å²) in [4.78, 5) is 22.3. The van der Waals surface area contributed by atoms with Gasteiger partial charge in [-0.3, -0.25) is 0 Å². The number of rotatable bonds is 3. The zero-order valence-electron chi connectivity index (χ0n) is 12.9. The standard InChI is InChI=1S/C15H20ClN5O/c1-3-19(4-2)15(22)21-9-7-20(8-10-21)14-6-5-12(16)13(11-17)18-14/h5-6H,3-4,7-10H2,1-2H3. The largest absolute Gasteiger partial charge is 0.353 e. The van der Waals surface area contributed by atoms with Gasteiger partial charge < -0.3 is 14.7 Å². The Hall–Kier alpha value is -2.00. The minimum atomic E-state index is 0.0893. The summed E-state index contributed by atoms with van der Waals surface area (Å²) in [5.74, 6) is 0.732. The Balaban J connectivity index is 2.00. The molecule has 1 aromatic heterocycles. The fourth-order valence-electron chi connectivity index (χ4n) is 2.51. The van der Waals surface area contributed by atoms with Crippen molar-refractivity contribution < 1.29 is 4.79 Å². The minimum Gasteiger partial charge on any atom is -0.353 e. The predicted molar refractivity (Wildman–Crippen MR) is 86.1 cm³/mol. The van der Waals surface area contributed by atoms with E-state index in [-0.39, 0.29) is 11.7 Å². The molecule has 1 aromatic rings. The van der Waals surface area contributed by atoms with Crippen LogP contribution in [0.4, 0.5) is 10.6 Å². The second kappa shape index (κ2) is 7.32. The van der Waals surface area contributed by atoms with Gasteiger partial charge in [0, 0.05) is 39.3 Å². The number of halogens is 1. The summed E-state index contributed by atoms with van der Waals surface area (Å²) in [5, 5.41) is 9.36. The van der Waals surface area contributed by atoms with Crippen molar-refractivity contribution in [1.82, 2.24) is 14.8 Å². The van der Waals surface area contributed by atoms with Crippen LogP contribution in [0.1, 0.15) is 19.5 Å². The maximum absolute atomic E-state index is 12.3. The van der Waals surface area contributed by atoms with Gasteiger partial charge in [0.05, 0.1) is 5.02 Å². The number of aromatic nitrogens is 1. The first-order chi connectivity index (χ1) is 10.6. The Kier molecular flexibility index (Phi) is 5.45. The van der Waals surface area contributed by atoms with Gasteiger partial charge in [0.15, 0.2) is 5.69 Å². The van der Waals surface area contributed by atoms with E-state index in [2.05, 4.69) is 9.88 Å². The molecular formula is C15H20ClN5O. The number of hydrogen-bond acceptors (Lipinski definition) is 4. The minimum absolute atomic E-state index is 0.0893. The molecule has 0 atom stereocenters. The number of carbonyl (C=O) groups is 1. The fraction of sp³-hybridized carbons (Fsp3) is 0.533. The quantitative estimate of drug-likeness (QED) is 0.856. The Labute approximate surface area is 135 Å². The third kappa shape index (κ3) is 3.42. The van der Waals surface area contributed by atoms with Crippen molar-refractivity contribution in [3.8, 4) is 6.07 Å². The average molecular weight is 322 g/mol. The molecule has 0 spiro atoms. The van der Waals surface area contributed by atoms with Gasteiger partial charge in [-0.1, -0.05) is 11.6 Å². The van der Waals surface area contributed by atoms with Crippen molar-refractivity contribution in [2.24, 2.45) is 0 Å². The van der Waals surface area contributed by atoms with E-state index in [0.29, 0.717) is 31.2 Å². The van der Waals surface area contributed by atoms with Crippen molar-refractivity contribution in [3.05, 3.63) is 22.8 Å². The second-order valence-corrected chi connectivity index (χ2v) is 5.45. The Morgan fingerprint density at radius 1 is 1.32 bits per heavy atom. The lowest BCUT2D eigenvalue weighted by molar-refractivity contribution is 0.154. The summed E-state index contributed by atoms with van der Waals surface area (Å²) < 4.78 is 0. The molecule has 0 radical (unpaired) electrons. The smallest absolute Gasteiger partial charge is 0.320 e. The van der Waals surface area contributed by atoms with Crippen molar-refractivity contribution in [2.75, 3.05) is 44.2 Å². The van der Waals surface area contributed by atoms with Crippen LogP contribution in [0.15, 0.2) is 12.1 Å². The molecule has 1 aliphatic rings. The number of amides is 2.